The van der Waals surface area contributed by atoms with Gasteiger partial charge in [-0.05, 0) is 38.1 Å². The van der Waals surface area contributed by atoms with Gasteiger partial charge in [-0.15, -0.1) is 0 Å². The highest BCUT2D eigenvalue weighted by molar-refractivity contribution is 7.59. The molecule has 8 heteroatoms. The second kappa shape index (κ2) is 9.24. The summed E-state index contributed by atoms with van der Waals surface area (Å²) in [5.41, 5.74) is 1.04. The molecule has 0 spiro atoms. The molecule has 0 heterocycles. The van der Waals surface area contributed by atoms with Gasteiger partial charge in [0.2, 0.25) is 0 Å². The van der Waals surface area contributed by atoms with Gasteiger partial charge in [0.25, 0.3) is 5.91 Å². The van der Waals surface area contributed by atoms with Gasteiger partial charge in [-0.2, -0.15) is 0 Å². The number of hydrogen-bond acceptors (Lipinski definition) is 4. The summed E-state index contributed by atoms with van der Waals surface area (Å²) in [6.07, 6.45) is 0. The summed E-state index contributed by atoms with van der Waals surface area (Å²) in [6, 6.07) is 15.2. The van der Waals surface area contributed by atoms with Crippen LogP contribution < -0.4 is 9.84 Å². The number of carbonyl (C=O) groups is 1. The highest BCUT2D eigenvalue weighted by Crippen LogP contribution is 2.56. The number of rotatable bonds is 7. The van der Waals surface area contributed by atoms with Crippen LogP contribution in [-0.4, -0.2) is 12.5 Å². The fourth-order valence-corrected chi connectivity index (χ4v) is 4.20. The fraction of sp³-hybridized carbons (Fsp3) is 0.167. The number of para-hydroxylation sites is 1. The van der Waals surface area contributed by atoms with Gasteiger partial charge >= 0.3 is 7.60 Å². The largest absolute Gasteiger partial charge is 0.429 e. The van der Waals surface area contributed by atoms with Crippen LogP contribution in [0.3, 0.4) is 0 Å². The Labute approximate surface area is 162 Å². The van der Waals surface area contributed by atoms with Crippen molar-refractivity contribution in [1.29, 1.82) is 0 Å². The molecule has 2 rings (SSSR count). The predicted octanol–water partition coefficient (Wildman–Crippen LogP) is 5.64. The minimum atomic E-state index is -4.01. The van der Waals surface area contributed by atoms with Gasteiger partial charge < -0.3 is 9.84 Å². The van der Waals surface area contributed by atoms with Crippen molar-refractivity contribution in [3.05, 3.63) is 75.7 Å². The number of amides is 1. The van der Waals surface area contributed by atoms with Crippen LogP contribution in [-0.2, 0) is 9.09 Å². The first-order valence-electron chi connectivity index (χ1n) is 7.79. The molecule has 2 aromatic rings. The van der Waals surface area contributed by atoms with Crippen LogP contribution in [0.15, 0.2) is 64.5 Å². The first-order valence-corrected chi connectivity index (χ1v) is 10.1. The van der Waals surface area contributed by atoms with E-state index in [-0.39, 0.29) is 12.0 Å². The number of hydrogen-bond donors (Lipinski definition) is 1. The highest BCUT2D eigenvalue weighted by Gasteiger charge is 2.36. The van der Waals surface area contributed by atoms with Crippen LogP contribution in [0, 0.1) is 6.92 Å². The van der Waals surface area contributed by atoms with Gasteiger partial charge in [-0.25, -0.2) is 4.57 Å². The number of benzene rings is 2. The maximum Gasteiger partial charge on any atom is 0.429 e. The van der Waals surface area contributed by atoms with Gasteiger partial charge in [0.1, 0.15) is 10.2 Å². The van der Waals surface area contributed by atoms with E-state index < -0.39 is 18.0 Å². The van der Waals surface area contributed by atoms with Crippen molar-refractivity contribution in [3.8, 4) is 5.75 Å². The van der Waals surface area contributed by atoms with Gasteiger partial charge in [0.15, 0.2) is 5.44 Å². The summed E-state index contributed by atoms with van der Waals surface area (Å²) in [6.45, 7) is 3.61. The van der Waals surface area contributed by atoms with Gasteiger partial charge in [0.05, 0.1) is 6.61 Å². The molecule has 2 aromatic carbocycles. The van der Waals surface area contributed by atoms with E-state index in [9.17, 15) is 9.36 Å². The number of carbonyl (C=O) groups excluding carboxylic acids is 1. The standard InChI is InChI=1S/C18H18Cl2NO4P/c1-3-24-26(23,25-15-7-5-4-6-8-15)18(16(19)20)21-17(22)14-11-9-13(2)10-12-14/h4-12H,3H2,1-2H3,(H,21,22). The Morgan fingerprint density at radius 1 is 1.08 bits per heavy atom. The molecule has 0 aliphatic rings. The van der Waals surface area contributed by atoms with Crippen LogP contribution in [0.25, 0.3) is 0 Å². The zero-order valence-electron chi connectivity index (χ0n) is 14.2. The lowest BCUT2D eigenvalue weighted by molar-refractivity contribution is 0.0966. The molecule has 138 valence electrons. The molecule has 1 N–H and O–H groups in total. The number of halogens is 2. The monoisotopic (exact) mass is 413 g/mol. The number of nitrogens with one attached hydrogen (secondary N) is 1. The molecule has 0 saturated carbocycles. The van der Waals surface area contributed by atoms with Crippen LogP contribution in [0.1, 0.15) is 22.8 Å². The van der Waals surface area contributed by atoms with Gasteiger partial charge in [-0.1, -0.05) is 59.1 Å². The van der Waals surface area contributed by atoms with E-state index in [1.807, 2.05) is 6.92 Å². The molecule has 1 atom stereocenters. The topological polar surface area (TPSA) is 64.6 Å². The maximum atomic E-state index is 13.3. The summed E-state index contributed by atoms with van der Waals surface area (Å²) in [5, 5.41) is 2.46. The lowest BCUT2D eigenvalue weighted by Gasteiger charge is -2.22. The quantitative estimate of drug-likeness (QED) is 0.596. The summed E-state index contributed by atoms with van der Waals surface area (Å²) in [5.74, 6) is -0.239. The second-order valence-electron chi connectivity index (χ2n) is 5.25. The van der Waals surface area contributed by atoms with E-state index in [1.54, 1.807) is 61.5 Å². The Morgan fingerprint density at radius 3 is 2.23 bits per heavy atom. The molecule has 0 radical (unpaired) electrons. The molecule has 26 heavy (non-hydrogen) atoms. The van der Waals surface area contributed by atoms with E-state index in [4.69, 9.17) is 32.2 Å². The molecule has 1 amide bonds. The normalized spacial score (nSPS) is 12.8. The molecule has 5 nitrogen and oxygen atoms in total. The van der Waals surface area contributed by atoms with Crippen molar-refractivity contribution in [2.45, 2.75) is 13.8 Å². The Balaban J connectivity index is 2.32. The van der Waals surface area contributed by atoms with Gasteiger partial charge in [0, 0.05) is 5.56 Å². The Hall–Kier alpha value is -1.78. The third-order valence-corrected chi connectivity index (χ3v) is 5.84. The molecular formula is C18H18Cl2NO4P. The van der Waals surface area contributed by atoms with Crippen molar-refractivity contribution < 1.29 is 18.4 Å². The summed E-state index contributed by atoms with van der Waals surface area (Å²) < 4.78 is 23.7. The van der Waals surface area contributed by atoms with Crippen molar-refractivity contribution in [2.75, 3.05) is 6.61 Å². The Bertz CT molecular complexity index is 834. The fourth-order valence-electron chi connectivity index (χ4n) is 2.03. The predicted molar refractivity (Wildman–Crippen MR) is 104 cm³/mol. The first-order chi connectivity index (χ1) is 12.4. The first kappa shape index (κ1) is 20.5. The molecule has 0 fully saturated rings. The molecule has 1 unspecified atom stereocenters. The SMILES string of the molecule is CCOP(=O)(Oc1ccccc1)C(NC(=O)c1ccc(C)cc1)=C(Cl)Cl. The average molecular weight is 414 g/mol. The Morgan fingerprint density at radius 2 is 1.69 bits per heavy atom. The molecule has 0 aromatic heterocycles. The van der Waals surface area contributed by atoms with Crippen LogP contribution in [0.4, 0.5) is 0 Å². The molecular weight excluding hydrogens is 396 g/mol. The molecule has 0 bridgehead atoms. The van der Waals surface area contributed by atoms with Crippen LogP contribution >= 0.6 is 30.8 Å². The van der Waals surface area contributed by atoms with Crippen molar-refractivity contribution >= 4 is 36.7 Å². The minimum absolute atomic E-state index is 0.0646. The average Bonchev–Trinajstić information content (AvgIpc) is 2.60. The van der Waals surface area contributed by atoms with Crippen molar-refractivity contribution in [1.82, 2.24) is 5.32 Å². The molecule has 0 aliphatic carbocycles. The van der Waals surface area contributed by atoms with Crippen LogP contribution in [0.2, 0.25) is 0 Å². The third-order valence-electron chi connectivity index (χ3n) is 3.27. The van der Waals surface area contributed by atoms with Gasteiger partial charge in [-0.3, -0.25) is 9.32 Å². The van der Waals surface area contributed by atoms with Crippen LogP contribution in [0.5, 0.6) is 5.75 Å². The zero-order chi connectivity index (χ0) is 19.2. The maximum absolute atomic E-state index is 13.3. The molecule has 0 saturated heterocycles. The summed E-state index contributed by atoms with van der Waals surface area (Å²) in [7, 11) is -4.01. The second-order valence-corrected chi connectivity index (χ2v) is 8.08. The zero-order valence-corrected chi connectivity index (χ0v) is 16.6. The summed E-state index contributed by atoms with van der Waals surface area (Å²) >= 11 is 11.8. The van der Waals surface area contributed by atoms with E-state index >= 15 is 0 Å². The lowest BCUT2D eigenvalue weighted by Crippen LogP contribution is -2.25. The van der Waals surface area contributed by atoms with Crippen molar-refractivity contribution in [2.24, 2.45) is 0 Å². The number of aryl methyl sites for hydroxylation is 1. The minimum Gasteiger partial charge on any atom is -0.420 e. The lowest BCUT2D eigenvalue weighted by atomic mass is 10.1. The molecule has 0 aliphatic heterocycles. The Kier molecular flexibility index (Phi) is 7.30. The summed E-state index contributed by atoms with van der Waals surface area (Å²) in [4.78, 5) is 12.5. The van der Waals surface area contributed by atoms with Crippen molar-refractivity contribution in [3.63, 3.8) is 0 Å². The third kappa shape index (κ3) is 5.36. The van der Waals surface area contributed by atoms with E-state index in [0.717, 1.165) is 5.56 Å². The van der Waals surface area contributed by atoms with E-state index in [2.05, 4.69) is 5.32 Å². The van der Waals surface area contributed by atoms with E-state index in [1.165, 1.54) is 0 Å². The smallest absolute Gasteiger partial charge is 0.420 e. The van der Waals surface area contributed by atoms with E-state index in [0.29, 0.717) is 11.3 Å². The highest BCUT2D eigenvalue weighted by atomic mass is 35.5.